The van der Waals surface area contributed by atoms with Gasteiger partial charge in [0.1, 0.15) is 0 Å². The van der Waals surface area contributed by atoms with Crippen LogP contribution < -0.4 is 0 Å². The zero-order valence-electron chi connectivity index (χ0n) is 7.05. The fraction of sp³-hybridized carbons (Fsp3) is 0. The van der Waals surface area contributed by atoms with Crippen LogP contribution in [0.1, 0.15) is 5.56 Å². The van der Waals surface area contributed by atoms with E-state index in [1.165, 1.54) is 6.29 Å². The van der Waals surface area contributed by atoms with Gasteiger partial charge in [0, 0.05) is 0 Å². The molecule has 0 aliphatic rings. The van der Waals surface area contributed by atoms with E-state index in [4.69, 9.17) is 0 Å². The Morgan fingerprint density at radius 3 is 2.57 bits per heavy atom. The number of carbonyl (C=O) groups excluding carboxylic acids is 1. The van der Waals surface area contributed by atoms with Crippen molar-refractivity contribution in [3.05, 3.63) is 47.5 Å². The van der Waals surface area contributed by atoms with Crippen molar-refractivity contribution in [1.29, 1.82) is 0 Å². The van der Waals surface area contributed by atoms with Crippen LogP contribution in [0.4, 0.5) is 8.78 Å². The van der Waals surface area contributed by atoms with Gasteiger partial charge in [-0.05, 0) is 16.8 Å². The van der Waals surface area contributed by atoms with Gasteiger partial charge < -0.3 is 0 Å². The maximum Gasteiger partial charge on any atom is 0.237 e. The monoisotopic (exact) mass is 191 g/mol. The summed E-state index contributed by atoms with van der Waals surface area (Å²) in [6, 6.07) is 7.57. The molecule has 0 atom stereocenters. The molecule has 0 N–H and O–H groups in total. The zero-order chi connectivity index (χ0) is 10.1. The minimum atomic E-state index is -1.14. The summed E-state index contributed by atoms with van der Waals surface area (Å²) >= 11 is 0. The van der Waals surface area contributed by atoms with Gasteiger partial charge >= 0.3 is 0 Å². The van der Waals surface area contributed by atoms with E-state index in [-0.39, 0.29) is 5.56 Å². The van der Waals surface area contributed by atoms with E-state index in [1.807, 2.05) is 0 Å². The number of rotatable bonds is 1. The average molecular weight is 191 g/mol. The SMILES string of the molecule is O=[C]c1c(F)c(F)cc2ccccc12. The average Bonchev–Trinajstić information content (AvgIpc) is 2.20. The number of fused-ring (bicyclic) bond motifs is 1. The summed E-state index contributed by atoms with van der Waals surface area (Å²) in [5, 5.41) is 0.867. The Morgan fingerprint density at radius 2 is 1.86 bits per heavy atom. The van der Waals surface area contributed by atoms with Crippen molar-refractivity contribution in [2.24, 2.45) is 0 Å². The van der Waals surface area contributed by atoms with Crippen LogP contribution in [0.5, 0.6) is 0 Å². The number of benzene rings is 2. The van der Waals surface area contributed by atoms with Gasteiger partial charge in [0.15, 0.2) is 11.6 Å². The molecule has 14 heavy (non-hydrogen) atoms. The quantitative estimate of drug-likeness (QED) is 0.677. The minimum absolute atomic E-state index is 0.347. The molecule has 0 heterocycles. The lowest BCUT2D eigenvalue weighted by Gasteiger charge is -2.02. The van der Waals surface area contributed by atoms with E-state index in [1.54, 1.807) is 24.3 Å². The summed E-state index contributed by atoms with van der Waals surface area (Å²) in [6.45, 7) is 0. The van der Waals surface area contributed by atoms with Gasteiger partial charge in [-0.1, -0.05) is 24.3 Å². The molecule has 0 aliphatic carbocycles. The highest BCUT2D eigenvalue weighted by molar-refractivity contribution is 5.98. The molecule has 0 amide bonds. The molecule has 0 saturated heterocycles. The van der Waals surface area contributed by atoms with Crippen molar-refractivity contribution in [1.82, 2.24) is 0 Å². The van der Waals surface area contributed by atoms with Gasteiger partial charge in [0.25, 0.3) is 0 Å². The second-order valence-corrected chi connectivity index (χ2v) is 2.87. The van der Waals surface area contributed by atoms with E-state index >= 15 is 0 Å². The van der Waals surface area contributed by atoms with E-state index in [0.717, 1.165) is 6.07 Å². The molecule has 2 rings (SSSR count). The Balaban J connectivity index is 2.96. The van der Waals surface area contributed by atoms with Gasteiger partial charge in [-0.3, -0.25) is 4.79 Å². The molecule has 0 aliphatic heterocycles. The molecule has 0 fully saturated rings. The third kappa shape index (κ3) is 1.18. The van der Waals surface area contributed by atoms with E-state index in [0.29, 0.717) is 10.8 Å². The van der Waals surface area contributed by atoms with Crippen LogP contribution in [0, 0.1) is 11.6 Å². The van der Waals surface area contributed by atoms with Crippen LogP contribution >= 0.6 is 0 Å². The highest BCUT2D eigenvalue weighted by Gasteiger charge is 2.12. The molecular formula is C11H5F2O. The maximum atomic E-state index is 13.1. The Kier molecular flexibility index (Phi) is 2.00. The molecule has 0 aromatic heterocycles. The Morgan fingerprint density at radius 1 is 1.14 bits per heavy atom. The Bertz CT molecular complexity index is 506. The van der Waals surface area contributed by atoms with Crippen LogP contribution in [-0.4, -0.2) is 6.29 Å². The second-order valence-electron chi connectivity index (χ2n) is 2.87. The third-order valence-corrected chi connectivity index (χ3v) is 2.04. The zero-order valence-corrected chi connectivity index (χ0v) is 7.05. The van der Waals surface area contributed by atoms with Gasteiger partial charge in [-0.15, -0.1) is 0 Å². The largest absolute Gasteiger partial charge is 0.285 e. The molecule has 0 bridgehead atoms. The van der Waals surface area contributed by atoms with Crippen molar-refractivity contribution in [3.8, 4) is 0 Å². The van der Waals surface area contributed by atoms with Gasteiger partial charge in [0.05, 0.1) is 5.56 Å². The minimum Gasteiger partial charge on any atom is -0.285 e. The van der Waals surface area contributed by atoms with Gasteiger partial charge in [0.2, 0.25) is 6.29 Å². The van der Waals surface area contributed by atoms with Crippen LogP contribution in [0.3, 0.4) is 0 Å². The lowest BCUT2D eigenvalue weighted by atomic mass is 10.0. The highest BCUT2D eigenvalue weighted by Crippen LogP contribution is 2.22. The summed E-state index contributed by atoms with van der Waals surface area (Å²) in [5.41, 5.74) is -0.347. The Hall–Kier alpha value is -1.77. The third-order valence-electron chi connectivity index (χ3n) is 2.04. The predicted molar refractivity (Wildman–Crippen MR) is 48.7 cm³/mol. The second kappa shape index (κ2) is 3.18. The fourth-order valence-corrected chi connectivity index (χ4v) is 1.39. The van der Waals surface area contributed by atoms with E-state index in [2.05, 4.69) is 0 Å². The highest BCUT2D eigenvalue weighted by atomic mass is 19.2. The summed E-state index contributed by atoms with van der Waals surface area (Å²) in [4.78, 5) is 10.5. The van der Waals surface area contributed by atoms with Crippen molar-refractivity contribution in [2.75, 3.05) is 0 Å². The molecule has 2 aromatic rings. The molecule has 0 unspecified atom stereocenters. The normalized spacial score (nSPS) is 10.4. The summed E-state index contributed by atoms with van der Waals surface area (Å²) < 4.78 is 26.0. The standard InChI is InChI=1S/C11H5F2O/c12-10-5-7-3-1-2-4-8(7)9(6-14)11(10)13/h1-5H. The fourth-order valence-electron chi connectivity index (χ4n) is 1.39. The summed E-state index contributed by atoms with van der Waals surface area (Å²) in [6.07, 6.45) is 1.41. The molecule has 1 radical (unpaired) electrons. The topological polar surface area (TPSA) is 17.1 Å². The first-order chi connectivity index (χ1) is 6.74. The smallest absolute Gasteiger partial charge is 0.237 e. The summed E-state index contributed by atoms with van der Waals surface area (Å²) in [5.74, 6) is -2.17. The lowest BCUT2D eigenvalue weighted by Crippen LogP contribution is -1.94. The molecule has 0 spiro atoms. The number of halogens is 2. The van der Waals surface area contributed by atoms with Crippen LogP contribution in [-0.2, 0) is 4.79 Å². The van der Waals surface area contributed by atoms with Crippen molar-refractivity contribution in [3.63, 3.8) is 0 Å². The van der Waals surface area contributed by atoms with Crippen molar-refractivity contribution >= 4 is 17.1 Å². The molecule has 0 saturated carbocycles. The first-order valence-electron chi connectivity index (χ1n) is 3.99. The first-order valence-corrected chi connectivity index (χ1v) is 3.99. The van der Waals surface area contributed by atoms with Crippen LogP contribution in [0.2, 0.25) is 0 Å². The van der Waals surface area contributed by atoms with Gasteiger partial charge in [-0.2, -0.15) is 0 Å². The molecule has 3 heteroatoms. The molecular weight excluding hydrogens is 186 g/mol. The molecule has 69 valence electrons. The lowest BCUT2D eigenvalue weighted by molar-refractivity contribution is 0.505. The van der Waals surface area contributed by atoms with E-state index in [9.17, 15) is 13.6 Å². The first kappa shape index (κ1) is 8.81. The van der Waals surface area contributed by atoms with Crippen LogP contribution in [0.15, 0.2) is 30.3 Å². The molecule has 2 aromatic carbocycles. The maximum absolute atomic E-state index is 13.1. The summed E-state index contributed by atoms with van der Waals surface area (Å²) in [7, 11) is 0. The predicted octanol–water partition coefficient (Wildman–Crippen LogP) is 2.58. The van der Waals surface area contributed by atoms with Crippen molar-refractivity contribution in [2.45, 2.75) is 0 Å². The van der Waals surface area contributed by atoms with Gasteiger partial charge in [-0.25, -0.2) is 8.78 Å². The number of hydrogen-bond donors (Lipinski definition) is 0. The van der Waals surface area contributed by atoms with Crippen molar-refractivity contribution < 1.29 is 13.6 Å². The number of hydrogen-bond acceptors (Lipinski definition) is 1. The molecule has 1 nitrogen and oxygen atoms in total. The van der Waals surface area contributed by atoms with Crippen LogP contribution in [0.25, 0.3) is 10.8 Å². The van der Waals surface area contributed by atoms with E-state index < -0.39 is 11.6 Å². The Labute approximate surface area is 79.0 Å².